The Morgan fingerprint density at radius 2 is 0.771 bits per heavy atom. The van der Waals surface area contributed by atoms with Crippen molar-refractivity contribution in [3.05, 3.63) is 141 Å². The van der Waals surface area contributed by atoms with Gasteiger partial charge in [-0.3, -0.25) is 14.4 Å². The molecule has 1 N–H and O–H groups in total. The monoisotopic (exact) mass is 1140 g/mol. The average Bonchev–Trinajstić information content (AvgIpc) is 3.62. The van der Waals surface area contributed by atoms with Gasteiger partial charge in [-0.15, -0.1) is 0 Å². The molecule has 0 spiro atoms. The van der Waals surface area contributed by atoms with E-state index < -0.39 is 12.3 Å². The van der Waals surface area contributed by atoms with E-state index >= 15 is 0 Å². The van der Waals surface area contributed by atoms with Crippen LogP contribution in [0.15, 0.2) is 108 Å². The fourth-order valence-electron chi connectivity index (χ4n) is 11.7. The second-order valence-corrected chi connectivity index (χ2v) is 22.8. The summed E-state index contributed by atoms with van der Waals surface area (Å²) in [4.78, 5) is 57.5. The van der Waals surface area contributed by atoms with Gasteiger partial charge in [-0.25, -0.2) is 9.59 Å². The highest BCUT2D eigenvalue weighted by molar-refractivity contribution is 5.70. The van der Waals surface area contributed by atoms with Gasteiger partial charge in [-0.1, -0.05) is 131 Å². The van der Waals surface area contributed by atoms with Crippen LogP contribution in [0.3, 0.4) is 0 Å². The number of methoxy groups -OCH3 is 2. The molecule has 5 unspecified atom stereocenters. The summed E-state index contributed by atoms with van der Waals surface area (Å²) in [5.41, 5.74) is 12.0. The molecular formula is C70H94O13. The number of rotatable bonds is 26. The number of unbranched alkanes of at least 4 members (excludes halogenated alkanes) is 6. The number of phenolic OH excluding ortho intramolecular Hbond substituents is 1. The maximum atomic E-state index is 12.0. The van der Waals surface area contributed by atoms with Crippen LogP contribution in [-0.2, 0) is 43.1 Å². The highest BCUT2D eigenvalue weighted by atomic mass is 16.7. The quantitative estimate of drug-likeness (QED) is 0.0265. The number of hydrogen-bond donors (Lipinski definition) is 1. The number of carbonyl (C=O) groups is 5. The smallest absolute Gasteiger partial charge is 0.507 e. The van der Waals surface area contributed by atoms with Crippen molar-refractivity contribution < 1.29 is 62.2 Å². The van der Waals surface area contributed by atoms with E-state index in [9.17, 15) is 29.1 Å². The molecule has 6 atom stereocenters. The van der Waals surface area contributed by atoms with Gasteiger partial charge in [0.1, 0.15) is 34.5 Å². The predicted molar refractivity (Wildman–Crippen MR) is 329 cm³/mol. The van der Waals surface area contributed by atoms with Crippen LogP contribution >= 0.6 is 0 Å². The number of ether oxygens (including phenoxy) is 7. The molecule has 0 fully saturated rings. The number of allylic oxidation sites excluding steroid dienone is 9. The van der Waals surface area contributed by atoms with Gasteiger partial charge in [0.05, 0.1) is 14.2 Å². The summed E-state index contributed by atoms with van der Waals surface area (Å²) in [6.45, 7) is 32.5. The minimum Gasteiger partial charge on any atom is -0.507 e. The molecule has 0 aliphatic heterocycles. The molecule has 0 radical (unpaired) electrons. The largest absolute Gasteiger partial charge is 0.513 e. The lowest BCUT2D eigenvalue weighted by Gasteiger charge is -2.32. The maximum Gasteiger partial charge on any atom is 0.513 e. The highest BCUT2D eigenvalue weighted by Gasteiger charge is 2.35. The van der Waals surface area contributed by atoms with Crippen molar-refractivity contribution in [2.45, 2.75) is 196 Å². The molecule has 452 valence electrons. The van der Waals surface area contributed by atoms with Crippen molar-refractivity contribution in [2.24, 2.45) is 17.8 Å². The molecule has 13 heteroatoms. The molecule has 3 aromatic rings. The Morgan fingerprint density at radius 3 is 1.07 bits per heavy atom. The normalized spacial score (nSPS) is 19.0. The minimum absolute atomic E-state index is 0.00843. The topological polar surface area (TPSA) is 170 Å². The zero-order chi connectivity index (χ0) is 61.2. The van der Waals surface area contributed by atoms with Crippen LogP contribution in [0.25, 0.3) is 0 Å². The van der Waals surface area contributed by atoms with E-state index in [1.54, 1.807) is 0 Å². The van der Waals surface area contributed by atoms with Crippen LogP contribution in [0, 0.1) is 17.8 Å². The van der Waals surface area contributed by atoms with Gasteiger partial charge in [-0.05, 0) is 189 Å². The van der Waals surface area contributed by atoms with E-state index in [4.69, 9.17) is 33.2 Å². The third kappa shape index (κ3) is 20.3. The summed E-state index contributed by atoms with van der Waals surface area (Å²) in [5.74, 6) is 2.68. The molecular weight excluding hydrogens is 1050 g/mol. The molecule has 3 aromatic carbocycles. The number of aryl methyl sites for hydroxylation is 3. The minimum atomic E-state index is -0.820. The van der Waals surface area contributed by atoms with E-state index in [0.717, 1.165) is 155 Å². The Morgan fingerprint density at radius 1 is 0.482 bits per heavy atom. The van der Waals surface area contributed by atoms with Gasteiger partial charge < -0.3 is 38.3 Å². The highest BCUT2D eigenvalue weighted by Crippen LogP contribution is 2.50. The number of aromatic hydroxyl groups is 1. The molecule has 3 aliphatic rings. The Hall–Kier alpha value is -7.15. The van der Waals surface area contributed by atoms with Crippen LogP contribution in [-0.4, -0.2) is 51.1 Å². The average molecular weight is 1140 g/mol. The number of carbonyl (C=O) groups excluding carboxylic acids is 5. The van der Waals surface area contributed by atoms with Crippen molar-refractivity contribution in [1.29, 1.82) is 0 Å². The fourth-order valence-corrected chi connectivity index (χ4v) is 11.7. The third-order valence-electron chi connectivity index (χ3n) is 16.1. The second-order valence-electron chi connectivity index (χ2n) is 22.8. The summed E-state index contributed by atoms with van der Waals surface area (Å²) in [5, 5.41) is 10.7. The molecule has 0 amide bonds. The number of hydrogen-bond acceptors (Lipinski definition) is 13. The molecule has 6 rings (SSSR count). The van der Waals surface area contributed by atoms with E-state index in [1.807, 2.05) is 57.2 Å². The fraction of sp³-hybridized carbons (Fsp3) is 0.500. The van der Waals surface area contributed by atoms with Crippen LogP contribution in [0.2, 0.25) is 0 Å². The summed E-state index contributed by atoms with van der Waals surface area (Å²) >= 11 is 0. The molecule has 0 saturated carbocycles. The van der Waals surface area contributed by atoms with E-state index in [0.29, 0.717) is 59.3 Å². The summed E-state index contributed by atoms with van der Waals surface area (Å²) in [6.07, 6.45) is 23.0. The van der Waals surface area contributed by atoms with Crippen LogP contribution in [0.5, 0.6) is 34.5 Å². The summed E-state index contributed by atoms with van der Waals surface area (Å²) in [7, 11) is 2.53. The van der Waals surface area contributed by atoms with E-state index in [1.165, 1.54) is 30.9 Å². The first-order chi connectivity index (χ1) is 39.8. The van der Waals surface area contributed by atoms with Gasteiger partial charge in [0.25, 0.3) is 19.4 Å². The Labute approximate surface area is 495 Å². The van der Waals surface area contributed by atoms with Gasteiger partial charge in [0, 0.05) is 34.4 Å². The Kier molecular flexibility index (Phi) is 28.9. The lowest BCUT2D eigenvalue weighted by Crippen LogP contribution is -2.21. The Balaban J connectivity index is 0.000000269. The zero-order valence-corrected chi connectivity index (χ0v) is 51.6. The van der Waals surface area contributed by atoms with Crippen LogP contribution in [0.4, 0.5) is 9.59 Å². The van der Waals surface area contributed by atoms with E-state index in [2.05, 4.69) is 79.5 Å². The zero-order valence-electron chi connectivity index (χ0n) is 51.6. The third-order valence-corrected chi connectivity index (χ3v) is 16.1. The summed E-state index contributed by atoms with van der Waals surface area (Å²) in [6, 6.07) is 11.2. The molecule has 13 nitrogen and oxygen atoms in total. The van der Waals surface area contributed by atoms with Crippen molar-refractivity contribution in [1.82, 2.24) is 0 Å². The van der Waals surface area contributed by atoms with Crippen molar-refractivity contribution in [3.8, 4) is 34.5 Å². The Bertz CT molecular complexity index is 2740. The first-order valence-corrected chi connectivity index (χ1v) is 29.8. The number of phenols is 1. The molecule has 0 saturated heterocycles. The first kappa shape index (κ1) is 68.3. The van der Waals surface area contributed by atoms with Crippen molar-refractivity contribution >= 4 is 31.7 Å². The lowest BCUT2D eigenvalue weighted by atomic mass is 9.73. The van der Waals surface area contributed by atoms with Gasteiger partial charge in [0.15, 0.2) is 0 Å². The van der Waals surface area contributed by atoms with Crippen molar-refractivity contribution in [3.63, 3.8) is 0 Å². The van der Waals surface area contributed by atoms with Crippen molar-refractivity contribution in [2.75, 3.05) is 14.2 Å². The van der Waals surface area contributed by atoms with Crippen LogP contribution in [0.1, 0.15) is 210 Å². The van der Waals surface area contributed by atoms with Gasteiger partial charge >= 0.3 is 12.3 Å². The predicted octanol–water partition coefficient (Wildman–Crippen LogP) is 17.9. The molecule has 3 aliphatic carbocycles. The van der Waals surface area contributed by atoms with Gasteiger partial charge in [-0.2, -0.15) is 0 Å². The lowest BCUT2D eigenvalue weighted by molar-refractivity contribution is -0.121. The molecule has 0 aromatic heterocycles. The van der Waals surface area contributed by atoms with Crippen LogP contribution < -0.4 is 23.7 Å². The van der Waals surface area contributed by atoms with Gasteiger partial charge in [0.2, 0.25) is 0 Å². The standard InChI is InChI=1S/C25H34O6.C23H30O4.C22H30O3/c1-7-8-9-10-18-14-21(30-24(26)28-5)23(22(15-18)31-25(27)29-6)20-13-17(4)11-12-19(20)16(2)3;1-5-6-7-8-18-12-21(26-14-24)23(22(13-18)27-15-25)20-11-17(4)9-10-19(20)16(2)3;1-5-6-7-8-17-12-20(24)22(21(13-17)25-14-23)19-11-16(4)9-10-18(19)15(2)3/h13-15,19-20H,2,7-12H2,1,3-6H3;11-15,19-20H,2,5-10H2,1,3-4H3;11-14,18-19,24H,2,5-10H2,1,3-4H3/t;19?,20-;/m.1./s1. The number of benzene rings is 3. The molecule has 83 heavy (non-hydrogen) atoms. The first-order valence-electron chi connectivity index (χ1n) is 29.8. The molecule has 0 heterocycles. The molecule has 0 bridgehead atoms. The summed E-state index contributed by atoms with van der Waals surface area (Å²) < 4.78 is 36.6. The second kappa shape index (κ2) is 35.1. The van der Waals surface area contributed by atoms with E-state index in [-0.39, 0.29) is 41.3 Å². The SMILES string of the molecule is C=C(C)C1CCC(C)=CC1c1c(O)cc(CCCCC)cc1OC=O.C=C(C)C1CCC(C)=CC1c1c(OC(=O)OC)cc(CCCCC)cc1OC(=O)OC.C=C(C)C1CCC(C)=C[C@H]1c1c(OC=O)cc(CCCCC)cc1OC=O. The maximum absolute atomic E-state index is 12.0.